The van der Waals surface area contributed by atoms with E-state index in [1.54, 1.807) is 7.11 Å². The van der Waals surface area contributed by atoms with Crippen LogP contribution in [-0.2, 0) is 18.0 Å². The number of methoxy groups -OCH3 is 1. The maximum Gasteiger partial charge on any atom is 0.120 e. The number of hydrogen-bond acceptors (Lipinski definition) is 2. The largest absolute Gasteiger partial charge is 0.497 e. The molecular weight excluding hydrogens is 292 g/mol. The van der Waals surface area contributed by atoms with E-state index in [1.165, 1.54) is 5.56 Å². The van der Waals surface area contributed by atoms with E-state index in [1.807, 2.05) is 36.4 Å². The molecule has 2 aromatic carbocycles. The molecule has 18 heavy (non-hydrogen) atoms. The van der Waals surface area contributed by atoms with Crippen LogP contribution in [-0.4, -0.2) is 7.11 Å². The number of benzene rings is 2. The topological polar surface area (TPSA) is 18.5 Å². The van der Waals surface area contributed by atoms with Crippen LogP contribution in [0, 0.1) is 0 Å². The van der Waals surface area contributed by atoms with Gasteiger partial charge in [-0.15, -0.1) is 0 Å². The third-order valence-electron chi connectivity index (χ3n) is 2.63. The fourth-order valence-corrected chi connectivity index (χ4v) is 2.10. The first-order valence-electron chi connectivity index (χ1n) is 5.73. The van der Waals surface area contributed by atoms with Crippen LogP contribution in [0.5, 0.6) is 5.75 Å². The first-order chi connectivity index (χ1) is 8.79. The van der Waals surface area contributed by atoms with E-state index in [4.69, 9.17) is 9.47 Å². The van der Waals surface area contributed by atoms with Gasteiger partial charge in [0.1, 0.15) is 5.75 Å². The lowest BCUT2D eigenvalue weighted by Gasteiger charge is -2.08. The highest BCUT2D eigenvalue weighted by molar-refractivity contribution is 9.10. The smallest absolute Gasteiger partial charge is 0.120 e. The van der Waals surface area contributed by atoms with Crippen LogP contribution in [0.1, 0.15) is 11.1 Å². The molecule has 0 aliphatic rings. The van der Waals surface area contributed by atoms with Gasteiger partial charge in [-0.3, -0.25) is 0 Å². The minimum Gasteiger partial charge on any atom is -0.497 e. The second kappa shape index (κ2) is 6.57. The zero-order valence-corrected chi connectivity index (χ0v) is 11.8. The maximum atomic E-state index is 5.69. The molecule has 2 aromatic rings. The lowest BCUT2D eigenvalue weighted by atomic mass is 10.2. The summed E-state index contributed by atoms with van der Waals surface area (Å²) in [5.74, 6) is 0.841. The van der Waals surface area contributed by atoms with Crippen molar-refractivity contribution in [2.24, 2.45) is 0 Å². The molecule has 0 unspecified atom stereocenters. The molecule has 94 valence electrons. The normalized spacial score (nSPS) is 10.3. The average Bonchev–Trinajstić information content (AvgIpc) is 2.42. The van der Waals surface area contributed by atoms with E-state index >= 15 is 0 Å². The van der Waals surface area contributed by atoms with Crippen molar-refractivity contribution in [3.63, 3.8) is 0 Å². The molecule has 0 N–H and O–H groups in total. The molecule has 0 saturated carbocycles. The van der Waals surface area contributed by atoms with Gasteiger partial charge in [-0.1, -0.05) is 52.3 Å². The molecule has 0 fully saturated rings. The van der Waals surface area contributed by atoms with E-state index in [9.17, 15) is 0 Å². The molecule has 0 aliphatic heterocycles. The molecular formula is C15H15BrO2. The quantitative estimate of drug-likeness (QED) is 0.825. The third-order valence-corrected chi connectivity index (χ3v) is 3.37. The van der Waals surface area contributed by atoms with Crippen molar-refractivity contribution in [3.05, 3.63) is 64.1 Å². The standard InChI is InChI=1S/C15H15BrO2/c1-17-14-8-7-13(15(16)9-14)11-18-10-12-5-3-2-4-6-12/h2-9H,10-11H2,1H3. The molecule has 2 rings (SSSR count). The van der Waals surface area contributed by atoms with Crippen LogP contribution in [0.4, 0.5) is 0 Å². The first kappa shape index (κ1) is 13.1. The SMILES string of the molecule is COc1ccc(COCc2ccccc2)c(Br)c1. The molecule has 0 aromatic heterocycles. The molecule has 0 aliphatic carbocycles. The van der Waals surface area contributed by atoms with Crippen molar-refractivity contribution < 1.29 is 9.47 Å². The molecule has 0 saturated heterocycles. The number of hydrogen-bond donors (Lipinski definition) is 0. The van der Waals surface area contributed by atoms with Crippen molar-refractivity contribution in [2.45, 2.75) is 13.2 Å². The molecule has 0 bridgehead atoms. The van der Waals surface area contributed by atoms with Gasteiger partial charge in [-0.2, -0.15) is 0 Å². The third kappa shape index (κ3) is 3.59. The van der Waals surface area contributed by atoms with Gasteiger partial charge in [0, 0.05) is 4.47 Å². The summed E-state index contributed by atoms with van der Waals surface area (Å²) in [6, 6.07) is 16.0. The second-order valence-corrected chi connectivity index (χ2v) is 4.79. The highest BCUT2D eigenvalue weighted by Gasteiger charge is 2.02. The Labute approximate surface area is 116 Å². The number of rotatable bonds is 5. The predicted molar refractivity (Wildman–Crippen MR) is 75.6 cm³/mol. The van der Waals surface area contributed by atoms with Gasteiger partial charge in [-0.25, -0.2) is 0 Å². The van der Waals surface area contributed by atoms with E-state index in [2.05, 4.69) is 28.1 Å². The van der Waals surface area contributed by atoms with Crippen LogP contribution < -0.4 is 4.74 Å². The Morgan fingerprint density at radius 3 is 2.44 bits per heavy atom. The molecule has 0 heterocycles. The summed E-state index contributed by atoms with van der Waals surface area (Å²) in [5.41, 5.74) is 2.30. The number of ether oxygens (including phenoxy) is 2. The van der Waals surface area contributed by atoms with E-state index in [0.717, 1.165) is 15.8 Å². The van der Waals surface area contributed by atoms with Crippen LogP contribution >= 0.6 is 15.9 Å². The Morgan fingerprint density at radius 1 is 1.00 bits per heavy atom. The summed E-state index contributed by atoms with van der Waals surface area (Å²) in [6.45, 7) is 1.21. The van der Waals surface area contributed by atoms with Gasteiger partial charge in [0.2, 0.25) is 0 Å². The van der Waals surface area contributed by atoms with Gasteiger partial charge in [0.25, 0.3) is 0 Å². The Hall–Kier alpha value is -1.32. The summed E-state index contributed by atoms with van der Waals surface area (Å²) in [7, 11) is 1.66. The van der Waals surface area contributed by atoms with Crippen LogP contribution in [0.15, 0.2) is 53.0 Å². The Bertz CT molecular complexity index is 497. The fraction of sp³-hybridized carbons (Fsp3) is 0.200. The molecule has 0 radical (unpaired) electrons. The van der Waals surface area contributed by atoms with Gasteiger partial charge in [-0.05, 0) is 23.3 Å². The Morgan fingerprint density at radius 2 is 1.78 bits per heavy atom. The second-order valence-electron chi connectivity index (χ2n) is 3.94. The summed E-state index contributed by atoms with van der Waals surface area (Å²) >= 11 is 3.51. The summed E-state index contributed by atoms with van der Waals surface area (Å²) in [6.07, 6.45) is 0. The minimum absolute atomic E-state index is 0.583. The minimum atomic E-state index is 0.583. The zero-order chi connectivity index (χ0) is 12.8. The van der Waals surface area contributed by atoms with E-state index in [-0.39, 0.29) is 0 Å². The van der Waals surface area contributed by atoms with E-state index in [0.29, 0.717) is 13.2 Å². The molecule has 0 amide bonds. The predicted octanol–water partition coefficient (Wildman–Crippen LogP) is 4.17. The van der Waals surface area contributed by atoms with Gasteiger partial charge >= 0.3 is 0 Å². The van der Waals surface area contributed by atoms with Crippen molar-refractivity contribution in [1.29, 1.82) is 0 Å². The van der Waals surface area contributed by atoms with Gasteiger partial charge in [0.15, 0.2) is 0 Å². The molecule has 2 nitrogen and oxygen atoms in total. The summed E-state index contributed by atoms with van der Waals surface area (Å²) in [4.78, 5) is 0. The maximum absolute atomic E-state index is 5.69. The Balaban J connectivity index is 1.91. The fourth-order valence-electron chi connectivity index (χ4n) is 1.63. The van der Waals surface area contributed by atoms with Crippen LogP contribution in [0.25, 0.3) is 0 Å². The molecule has 3 heteroatoms. The van der Waals surface area contributed by atoms with Crippen molar-refractivity contribution in [2.75, 3.05) is 7.11 Å². The zero-order valence-electron chi connectivity index (χ0n) is 10.2. The highest BCUT2D eigenvalue weighted by atomic mass is 79.9. The lowest BCUT2D eigenvalue weighted by Crippen LogP contribution is -1.95. The lowest BCUT2D eigenvalue weighted by molar-refractivity contribution is 0.106. The average molecular weight is 307 g/mol. The van der Waals surface area contributed by atoms with Crippen molar-refractivity contribution >= 4 is 15.9 Å². The van der Waals surface area contributed by atoms with Gasteiger partial charge in [0.05, 0.1) is 20.3 Å². The highest BCUT2D eigenvalue weighted by Crippen LogP contribution is 2.23. The van der Waals surface area contributed by atoms with E-state index < -0.39 is 0 Å². The van der Waals surface area contributed by atoms with Crippen LogP contribution in [0.3, 0.4) is 0 Å². The summed E-state index contributed by atoms with van der Waals surface area (Å²) < 4.78 is 11.9. The monoisotopic (exact) mass is 306 g/mol. The van der Waals surface area contributed by atoms with Crippen molar-refractivity contribution in [3.8, 4) is 5.75 Å². The molecule has 0 spiro atoms. The number of halogens is 1. The first-order valence-corrected chi connectivity index (χ1v) is 6.53. The van der Waals surface area contributed by atoms with Gasteiger partial charge < -0.3 is 9.47 Å². The van der Waals surface area contributed by atoms with Crippen molar-refractivity contribution in [1.82, 2.24) is 0 Å². The van der Waals surface area contributed by atoms with Crippen LogP contribution in [0.2, 0.25) is 0 Å². The Kier molecular flexibility index (Phi) is 4.79. The summed E-state index contributed by atoms with van der Waals surface area (Å²) in [5, 5.41) is 0. The molecule has 0 atom stereocenters.